The molecule has 0 aliphatic carbocycles. The Balaban J connectivity index is 0.00000512. The molecular formula is C29H41KN2. The van der Waals surface area contributed by atoms with Gasteiger partial charge in [-0.25, -0.2) is 0 Å². The fourth-order valence-corrected chi connectivity index (χ4v) is 4.00. The zero-order valence-corrected chi connectivity index (χ0v) is 25.4. The summed E-state index contributed by atoms with van der Waals surface area (Å²) in [6.45, 7) is 22.1. The summed E-state index contributed by atoms with van der Waals surface area (Å²) in [7, 11) is 0. The van der Waals surface area contributed by atoms with E-state index >= 15 is 0 Å². The van der Waals surface area contributed by atoms with Gasteiger partial charge in [0.2, 0.25) is 0 Å². The van der Waals surface area contributed by atoms with E-state index in [0.717, 1.165) is 22.8 Å². The van der Waals surface area contributed by atoms with E-state index in [1.165, 1.54) is 22.3 Å². The molecular weight excluding hydrogens is 415 g/mol. The third-order valence-electron chi connectivity index (χ3n) is 5.68. The Morgan fingerprint density at radius 1 is 0.688 bits per heavy atom. The monoisotopic (exact) mass is 456 g/mol. The number of hydrogen-bond acceptors (Lipinski definition) is 1. The molecule has 0 aliphatic rings. The van der Waals surface area contributed by atoms with Gasteiger partial charge in [0.1, 0.15) is 0 Å². The summed E-state index contributed by atoms with van der Waals surface area (Å²) in [6.07, 6.45) is 2.11. The Labute approximate surface area is 239 Å². The number of rotatable bonds is 8. The molecule has 0 fully saturated rings. The van der Waals surface area contributed by atoms with Crippen molar-refractivity contribution in [3.8, 4) is 0 Å². The summed E-state index contributed by atoms with van der Waals surface area (Å²) in [4.78, 5) is 5.08. The molecule has 0 saturated carbocycles. The molecule has 0 spiro atoms. The zero-order chi connectivity index (χ0) is 23.3. The first-order valence-electron chi connectivity index (χ1n) is 11.7. The fourth-order valence-electron chi connectivity index (χ4n) is 4.00. The van der Waals surface area contributed by atoms with Crippen LogP contribution in [0.1, 0.15) is 115 Å². The predicted molar refractivity (Wildman–Crippen MR) is 139 cm³/mol. The molecule has 2 nitrogen and oxygen atoms in total. The molecule has 0 radical (unpaired) electrons. The third-order valence-corrected chi connectivity index (χ3v) is 5.68. The summed E-state index contributed by atoms with van der Waals surface area (Å²) in [5.41, 5.74) is 9.45. The molecule has 2 aromatic carbocycles. The Morgan fingerprint density at radius 3 is 1.44 bits per heavy atom. The van der Waals surface area contributed by atoms with E-state index in [4.69, 9.17) is 10.3 Å². The Morgan fingerprint density at radius 2 is 1.06 bits per heavy atom. The number of hydrogen-bond donors (Lipinski definition) is 0. The molecule has 32 heavy (non-hydrogen) atoms. The standard InChI is InChI=1S/C29H41N2.K/c1-18(2)24-13-11-14-25(19(3)4)28(24)30-22(9)17-23(10)31-29-26(20(5)6)15-12-16-27(29)21(7)8;/h11-21H,1-10H3;/q-1;+1/b22-17+,31-23?;. The van der Waals surface area contributed by atoms with Gasteiger partial charge < -0.3 is 5.32 Å². The summed E-state index contributed by atoms with van der Waals surface area (Å²) in [5.74, 6) is 1.75. The van der Waals surface area contributed by atoms with Crippen molar-refractivity contribution < 1.29 is 51.4 Å². The van der Waals surface area contributed by atoms with Gasteiger partial charge in [-0.15, -0.1) is 5.69 Å². The quantitative estimate of drug-likeness (QED) is 0.305. The zero-order valence-electron chi connectivity index (χ0n) is 22.2. The van der Waals surface area contributed by atoms with E-state index < -0.39 is 0 Å². The molecule has 0 bridgehead atoms. The van der Waals surface area contributed by atoms with Crippen LogP contribution >= 0.6 is 0 Å². The van der Waals surface area contributed by atoms with Crippen LogP contribution in [-0.2, 0) is 0 Å². The molecule has 0 heterocycles. The van der Waals surface area contributed by atoms with E-state index in [9.17, 15) is 0 Å². The van der Waals surface area contributed by atoms with Crippen molar-refractivity contribution in [1.82, 2.24) is 0 Å². The first-order chi connectivity index (χ1) is 14.5. The third kappa shape index (κ3) is 7.67. The predicted octanol–water partition coefficient (Wildman–Crippen LogP) is 6.89. The van der Waals surface area contributed by atoms with E-state index in [-0.39, 0.29) is 51.4 Å². The van der Waals surface area contributed by atoms with E-state index in [2.05, 4.69) is 112 Å². The van der Waals surface area contributed by atoms with Crippen molar-refractivity contribution in [2.45, 2.75) is 92.9 Å². The maximum Gasteiger partial charge on any atom is 1.00 e. The molecule has 2 rings (SSSR count). The maximum atomic E-state index is 5.08. The van der Waals surface area contributed by atoms with Crippen molar-refractivity contribution in [3.05, 3.63) is 75.7 Å². The maximum absolute atomic E-state index is 5.08. The number of nitrogens with zero attached hydrogens (tertiary/aromatic N) is 2. The van der Waals surface area contributed by atoms with E-state index in [1.807, 2.05) is 0 Å². The second-order valence-corrected chi connectivity index (χ2v) is 9.84. The first kappa shape index (κ1) is 29.3. The summed E-state index contributed by atoms with van der Waals surface area (Å²) in [6, 6.07) is 13.1. The van der Waals surface area contributed by atoms with Gasteiger partial charge in [-0.2, -0.15) is 5.70 Å². The van der Waals surface area contributed by atoms with E-state index in [0.29, 0.717) is 23.7 Å². The van der Waals surface area contributed by atoms with E-state index in [1.54, 1.807) is 0 Å². The smallest absolute Gasteiger partial charge is 0.661 e. The average molecular weight is 457 g/mol. The van der Waals surface area contributed by atoms with Crippen LogP contribution in [0, 0.1) is 0 Å². The SMILES string of the molecule is CC(/C=C(\C)[N-]c1c(C(C)C)cccc1C(C)C)=Nc1c(C(C)C)cccc1C(C)C.[K+]. The van der Waals surface area contributed by atoms with Gasteiger partial charge in [-0.1, -0.05) is 116 Å². The average Bonchev–Trinajstić information content (AvgIpc) is 2.67. The minimum atomic E-state index is 0. The largest absolute Gasteiger partial charge is 1.00 e. The van der Waals surface area contributed by atoms with Gasteiger partial charge in [0.15, 0.2) is 0 Å². The van der Waals surface area contributed by atoms with Gasteiger partial charge >= 0.3 is 51.4 Å². The first-order valence-corrected chi connectivity index (χ1v) is 11.7. The Hall–Kier alpha value is -0.714. The number of para-hydroxylation sites is 2. The minimum Gasteiger partial charge on any atom is -0.661 e. The second kappa shape index (κ2) is 13.2. The minimum absolute atomic E-state index is 0. The van der Waals surface area contributed by atoms with Crippen LogP contribution in [0.4, 0.5) is 11.4 Å². The van der Waals surface area contributed by atoms with Crippen LogP contribution in [0.3, 0.4) is 0 Å². The van der Waals surface area contributed by atoms with Crippen LogP contribution < -0.4 is 51.4 Å². The van der Waals surface area contributed by atoms with Crippen LogP contribution in [0.5, 0.6) is 0 Å². The van der Waals surface area contributed by atoms with Crippen molar-refractivity contribution >= 4 is 17.1 Å². The molecule has 0 aromatic heterocycles. The van der Waals surface area contributed by atoms with Crippen molar-refractivity contribution in [2.24, 2.45) is 4.99 Å². The van der Waals surface area contributed by atoms with Gasteiger partial charge in [0, 0.05) is 5.71 Å². The molecule has 0 amide bonds. The number of allylic oxidation sites excluding steroid dienone is 2. The van der Waals surface area contributed by atoms with Crippen molar-refractivity contribution in [3.63, 3.8) is 0 Å². The van der Waals surface area contributed by atoms with Gasteiger partial charge in [0.05, 0.1) is 5.69 Å². The van der Waals surface area contributed by atoms with Crippen molar-refractivity contribution in [1.29, 1.82) is 0 Å². The summed E-state index contributed by atoms with van der Waals surface area (Å²) < 4.78 is 0. The topological polar surface area (TPSA) is 26.5 Å². The molecule has 0 atom stereocenters. The number of aliphatic imine (C=N–C) groups is 1. The molecule has 3 heteroatoms. The van der Waals surface area contributed by atoms with Crippen molar-refractivity contribution in [2.75, 3.05) is 0 Å². The Bertz CT molecular complexity index is 897. The summed E-state index contributed by atoms with van der Waals surface area (Å²) in [5, 5.41) is 5.08. The molecule has 0 unspecified atom stereocenters. The van der Waals surface area contributed by atoms with Crippen LogP contribution in [0.25, 0.3) is 5.32 Å². The van der Waals surface area contributed by atoms with Gasteiger partial charge in [-0.05, 0) is 41.7 Å². The van der Waals surface area contributed by atoms with Crippen LogP contribution in [0.15, 0.2) is 53.2 Å². The normalized spacial score (nSPS) is 12.7. The fraction of sp³-hybridized carbons (Fsp3) is 0.483. The summed E-state index contributed by atoms with van der Waals surface area (Å²) >= 11 is 0. The molecule has 2 aromatic rings. The second-order valence-electron chi connectivity index (χ2n) is 9.84. The van der Waals surface area contributed by atoms with Crippen LogP contribution in [-0.4, -0.2) is 5.71 Å². The van der Waals surface area contributed by atoms with Gasteiger partial charge in [-0.3, -0.25) is 4.99 Å². The molecule has 0 saturated heterocycles. The molecule has 168 valence electrons. The number of benzene rings is 2. The molecule has 0 N–H and O–H groups in total. The Kier molecular flexibility index (Phi) is 12.1. The van der Waals surface area contributed by atoms with Crippen LogP contribution in [0.2, 0.25) is 0 Å². The molecule has 0 aliphatic heterocycles. The van der Waals surface area contributed by atoms with Gasteiger partial charge in [0.25, 0.3) is 0 Å².